The van der Waals surface area contributed by atoms with E-state index in [4.69, 9.17) is 5.73 Å². The highest BCUT2D eigenvalue weighted by Crippen LogP contribution is 2.28. The van der Waals surface area contributed by atoms with Crippen molar-refractivity contribution in [3.63, 3.8) is 0 Å². The second-order valence-corrected chi connectivity index (χ2v) is 7.18. The fraction of sp³-hybridized carbons (Fsp3) is 0.562. The van der Waals surface area contributed by atoms with Crippen molar-refractivity contribution in [3.05, 3.63) is 27.7 Å². The Labute approximate surface area is 134 Å². The number of halogens is 1. The van der Waals surface area contributed by atoms with E-state index in [0.717, 1.165) is 28.7 Å². The molecule has 2 saturated heterocycles. The first-order chi connectivity index (χ1) is 9.97. The number of hydrogen-bond donors (Lipinski definition) is 1. The lowest BCUT2D eigenvalue weighted by Gasteiger charge is -2.42. The van der Waals surface area contributed by atoms with Gasteiger partial charge in [0.2, 0.25) is 0 Å². The molecule has 1 aromatic carbocycles. The van der Waals surface area contributed by atoms with Crippen LogP contribution >= 0.6 is 15.9 Å². The largest absolute Gasteiger partial charge is 0.398 e. The van der Waals surface area contributed by atoms with E-state index in [1.54, 1.807) is 0 Å². The number of benzene rings is 1. The Morgan fingerprint density at radius 2 is 2.14 bits per heavy atom. The first-order valence-electron chi connectivity index (χ1n) is 7.58. The highest BCUT2D eigenvalue weighted by Gasteiger charge is 2.37. The summed E-state index contributed by atoms with van der Waals surface area (Å²) in [6.07, 6.45) is 2.46. The van der Waals surface area contributed by atoms with Gasteiger partial charge in [0.05, 0.1) is 0 Å². The van der Waals surface area contributed by atoms with Gasteiger partial charge in [0.25, 0.3) is 5.91 Å². The number of fused-ring (bicyclic) bond motifs is 1. The second-order valence-electron chi connectivity index (χ2n) is 6.27. The summed E-state index contributed by atoms with van der Waals surface area (Å²) < 4.78 is 0.862. The molecule has 0 aromatic heterocycles. The standard InChI is InChI=1S/C16H22BrN3O/c1-10-8-19-5-3-4-13(19)9-20(10)16(21)14-6-12(17)7-15(18)11(14)2/h6-7,10,13H,3-5,8-9,18H2,1-2H3. The maximum Gasteiger partial charge on any atom is 0.254 e. The summed E-state index contributed by atoms with van der Waals surface area (Å²) in [6, 6.07) is 4.54. The van der Waals surface area contributed by atoms with Gasteiger partial charge >= 0.3 is 0 Å². The summed E-state index contributed by atoms with van der Waals surface area (Å²) in [5, 5.41) is 0. The quantitative estimate of drug-likeness (QED) is 0.791. The van der Waals surface area contributed by atoms with Crippen LogP contribution in [0.5, 0.6) is 0 Å². The minimum Gasteiger partial charge on any atom is -0.398 e. The van der Waals surface area contributed by atoms with Crippen LogP contribution in [-0.4, -0.2) is 47.4 Å². The number of anilines is 1. The SMILES string of the molecule is Cc1c(N)cc(Br)cc1C(=O)N1CC2CCCN2CC1C. The Hall–Kier alpha value is -1.07. The lowest BCUT2D eigenvalue weighted by atomic mass is 10.0. The Balaban J connectivity index is 1.88. The molecule has 2 fully saturated rings. The van der Waals surface area contributed by atoms with Crippen LogP contribution in [0.15, 0.2) is 16.6 Å². The zero-order chi connectivity index (χ0) is 15.1. The third kappa shape index (κ3) is 2.69. The lowest BCUT2D eigenvalue weighted by molar-refractivity contribution is 0.0395. The van der Waals surface area contributed by atoms with Crippen molar-refractivity contribution in [1.82, 2.24) is 9.80 Å². The first kappa shape index (κ1) is 14.9. The van der Waals surface area contributed by atoms with Gasteiger partial charge in [-0.05, 0) is 50.9 Å². The highest BCUT2D eigenvalue weighted by molar-refractivity contribution is 9.10. The van der Waals surface area contributed by atoms with Crippen molar-refractivity contribution in [1.29, 1.82) is 0 Å². The van der Waals surface area contributed by atoms with E-state index in [9.17, 15) is 4.79 Å². The van der Waals surface area contributed by atoms with Crippen molar-refractivity contribution in [2.75, 3.05) is 25.4 Å². The fourth-order valence-electron chi connectivity index (χ4n) is 3.55. The molecule has 0 radical (unpaired) electrons. The van der Waals surface area contributed by atoms with Gasteiger partial charge in [0.1, 0.15) is 0 Å². The number of nitrogens with two attached hydrogens (primary N) is 1. The van der Waals surface area contributed by atoms with Crippen LogP contribution in [0.4, 0.5) is 5.69 Å². The van der Waals surface area contributed by atoms with Gasteiger partial charge in [0.15, 0.2) is 0 Å². The maximum absolute atomic E-state index is 13.0. The molecule has 0 spiro atoms. The van der Waals surface area contributed by atoms with Crippen LogP contribution in [-0.2, 0) is 0 Å². The van der Waals surface area contributed by atoms with Gasteiger partial charge in [-0.2, -0.15) is 0 Å². The topological polar surface area (TPSA) is 49.6 Å². The number of piperazine rings is 1. The number of carbonyl (C=O) groups excluding carboxylic acids is 1. The van der Waals surface area contributed by atoms with Crippen LogP contribution in [0.3, 0.4) is 0 Å². The van der Waals surface area contributed by atoms with Crippen LogP contribution in [0, 0.1) is 6.92 Å². The summed E-state index contributed by atoms with van der Waals surface area (Å²) in [5.74, 6) is 0.111. The number of carbonyl (C=O) groups is 1. The van der Waals surface area contributed by atoms with Crippen LogP contribution in [0.1, 0.15) is 35.7 Å². The van der Waals surface area contributed by atoms with Gasteiger partial charge in [-0.25, -0.2) is 0 Å². The van der Waals surface area contributed by atoms with E-state index in [-0.39, 0.29) is 11.9 Å². The average molecular weight is 352 g/mol. The van der Waals surface area contributed by atoms with Gasteiger partial charge in [0, 0.05) is 40.9 Å². The van der Waals surface area contributed by atoms with E-state index in [1.165, 1.54) is 19.4 Å². The number of hydrogen-bond acceptors (Lipinski definition) is 3. The minimum absolute atomic E-state index is 0.111. The molecule has 114 valence electrons. The highest BCUT2D eigenvalue weighted by atomic mass is 79.9. The zero-order valence-corrected chi connectivity index (χ0v) is 14.2. The van der Waals surface area contributed by atoms with E-state index < -0.39 is 0 Å². The molecule has 1 aromatic rings. The summed E-state index contributed by atoms with van der Waals surface area (Å²) in [5.41, 5.74) is 8.27. The molecule has 2 aliphatic heterocycles. The molecule has 4 nitrogen and oxygen atoms in total. The van der Waals surface area contributed by atoms with E-state index in [0.29, 0.717) is 11.7 Å². The Morgan fingerprint density at radius 1 is 1.38 bits per heavy atom. The zero-order valence-electron chi connectivity index (χ0n) is 12.6. The molecule has 2 N–H and O–H groups in total. The Morgan fingerprint density at radius 3 is 2.90 bits per heavy atom. The summed E-state index contributed by atoms with van der Waals surface area (Å²) in [4.78, 5) is 17.5. The van der Waals surface area contributed by atoms with E-state index >= 15 is 0 Å². The van der Waals surface area contributed by atoms with Gasteiger partial charge in [-0.3, -0.25) is 9.69 Å². The van der Waals surface area contributed by atoms with E-state index in [1.807, 2.05) is 24.0 Å². The molecule has 2 heterocycles. The molecule has 21 heavy (non-hydrogen) atoms. The molecule has 2 atom stereocenters. The van der Waals surface area contributed by atoms with Crippen LogP contribution < -0.4 is 5.73 Å². The molecule has 5 heteroatoms. The molecule has 0 bridgehead atoms. The summed E-state index contributed by atoms with van der Waals surface area (Å²) in [7, 11) is 0. The Bertz CT molecular complexity index is 575. The molecular formula is C16H22BrN3O. The third-order valence-electron chi connectivity index (χ3n) is 4.84. The molecule has 0 aliphatic carbocycles. The smallest absolute Gasteiger partial charge is 0.254 e. The van der Waals surface area contributed by atoms with Crippen molar-refractivity contribution >= 4 is 27.5 Å². The van der Waals surface area contributed by atoms with Gasteiger partial charge < -0.3 is 10.6 Å². The number of rotatable bonds is 1. The number of amides is 1. The van der Waals surface area contributed by atoms with Crippen LogP contribution in [0.25, 0.3) is 0 Å². The summed E-state index contributed by atoms with van der Waals surface area (Å²) >= 11 is 3.44. The predicted molar refractivity (Wildman–Crippen MR) is 88.4 cm³/mol. The molecule has 2 aliphatic rings. The van der Waals surface area contributed by atoms with Crippen molar-refractivity contribution < 1.29 is 4.79 Å². The summed E-state index contributed by atoms with van der Waals surface area (Å²) in [6.45, 7) is 7.07. The predicted octanol–water partition coefficient (Wildman–Crippen LogP) is 2.65. The number of nitrogen functional groups attached to an aromatic ring is 1. The maximum atomic E-state index is 13.0. The van der Waals surface area contributed by atoms with Gasteiger partial charge in [-0.15, -0.1) is 0 Å². The molecular weight excluding hydrogens is 330 g/mol. The first-order valence-corrected chi connectivity index (χ1v) is 8.37. The normalized spacial score (nSPS) is 26.0. The second kappa shape index (κ2) is 5.61. The molecule has 1 amide bonds. The molecule has 3 rings (SSSR count). The molecule has 2 unspecified atom stereocenters. The minimum atomic E-state index is 0.111. The lowest BCUT2D eigenvalue weighted by Crippen LogP contribution is -2.56. The number of nitrogens with zero attached hydrogens (tertiary/aromatic N) is 2. The van der Waals surface area contributed by atoms with Crippen molar-refractivity contribution in [3.8, 4) is 0 Å². The van der Waals surface area contributed by atoms with Crippen molar-refractivity contribution in [2.45, 2.75) is 38.8 Å². The fourth-order valence-corrected chi connectivity index (χ4v) is 4.02. The Kier molecular flexibility index (Phi) is 3.97. The van der Waals surface area contributed by atoms with Gasteiger partial charge in [-0.1, -0.05) is 15.9 Å². The monoisotopic (exact) mass is 351 g/mol. The third-order valence-corrected chi connectivity index (χ3v) is 5.30. The van der Waals surface area contributed by atoms with Crippen LogP contribution in [0.2, 0.25) is 0 Å². The molecule has 0 saturated carbocycles. The van der Waals surface area contributed by atoms with Crippen molar-refractivity contribution in [2.24, 2.45) is 0 Å². The van der Waals surface area contributed by atoms with E-state index in [2.05, 4.69) is 27.8 Å². The average Bonchev–Trinajstić information content (AvgIpc) is 2.88.